The normalized spacial score (nSPS) is 27.5. The van der Waals surface area contributed by atoms with Crippen molar-refractivity contribution >= 4 is 28.4 Å². The molecule has 4 bridgehead atoms. The van der Waals surface area contributed by atoms with E-state index in [4.69, 9.17) is 10.2 Å². The van der Waals surface area contributed by atoms with E-state index in [0.29, 0.717) is 38.8 Å². The zero-order valence-electron chi connectivity index (χ0n) is 18.4. The lowest BCUT2D eigenvalue weighted by molar-refractivity contribution is -0.141. The van der Waals surface area contributed by atoms with Crippen molar-refractivity contribution in [2.24, 2.45) is 23.2 Å². The summed E-state index contributed by atoms with van der Waals surface area (Å²) in [5, 5.41) is 10.2. The molecule has 1 aromatic heterocycles. The van der Waals surface area contributed by atoms with Crippen molar-refractivity contribution in [3.63, 3.8) is 0 Å². The molecule has 7 rings (SSSR count). The summed E-state index contributed by atoms with van der Waals surface area (Å²) in [6.45, 7) is 0. The minimum atomic E-state index is -0.157. The number of ketones is 1. The molecule has 5 nitrogen and oxygen atoms in total. The van der Waals surface area contributed by atoms with Crippen LogP contribution in [0.25, 0.3) is 16.6 Å². The van der Waals surface area contributed by atoms with E-state index in [-0.39, 0.29) is 11.0 Å². The smallest absolute Gasteiger partial charge is 0.266 e. The van der Waals surface area contributed by atoms with Crippen LogP contribution in [0.2, 0.25) is 0 Å². The summed E-state index contributed by atoms with van der Waals surface area (Å²) >= 11 is 1.38. The van der Waals surface area contributed by atoms with Crippen molar-refractivity contribution in [3.8, 4) is 11.8 Å². The lowest BCUT2D eigenvalue weighted by atomic mass is 9.48. The van der Waals surface area contributed by atoms with E-state index in [0.717, 1.165) is 37.0 Å². The van der Waals surface area contributed by atoms with E-state index in [9.17, 15) is 9.59 Å². The van der Waals surface area contributed by atoms with Crippen LogP contribution in [0, 0.1) is 34.5 Å². The average molecular weight is 456 g/mol. The SMILES string of the molecule is N#Cc1ccc(-n2c(SCC(=O)C34CC5CC(CC(C5)C3)C4)nc3ccccc3c2=O)cc1. The molecule has 6 heteroatoms. The fourth-order valence-corrected chi connectivity index (χ4v) is 7.90. The number of nitriles is 1. The van der Waals surface area contributed by atoms with Gasteiger partial charge in [-0.2, -0.15) is 5.26 Å². The predicted octanol–water partition coefficient (Wildman–Crippen LogP) is 5.13. The van der Waals surface area contributed by atoms with E-state index in [1.165, 1.54) is 31.0 Å². The predicted molar refractivity (Wildman–Crippen MR) is 128 cm³/mol. The first-order chi connectivity index (χ1) is 16.0. The van der Waals surface area contributed by atoms with Crippen LogP contribution in [-0.4, -0.2) is 21.1 Å². The van der Waals surface area contributed by atoms with Gasteiger partial charge in [0.15, 0.2) is 5.16 Å². The van der Waals surface area contributed by atoms with Crippen LogP contribution in [0.3, 0.4) is 0 Å². The number of Topliss-reactive ketones (excluding diaryl/α,β-unsaturated/α-hetero) is 1. The zero-order chi connectivity index (χ0) is 22.6. The van der Waals surface area contributed by atoms with Crippen LogP contribution >= 0.6 is 11.8 Å². The molecule has 0 unspecified atom stereocenters. The standard InChI is InChI=1S/C27H25N3O2S/c28-15-17-5-7-21(8-6-17)30-25(32)22-3-1-2-4-23(22)29-26(30)33-16-24(31)27-12-18-9-19(13-27)11-20(10-18)14-27/h1-8,18-20H,9-14,16H2. The van der Waals surface area contributed by atoms with Crippen molar-refractivity contribution in [2.45, 2.75) is 43.7 Å². The maximum Gasteiger partial charge on any atom is 0.266 e. The molecule has 1 heterocycles. The quantitative estimate of drug-likeness (QED) is 0.394. The van der Waals surface area contributed by atoms with E-state index in [2.05, 4.69) is 6.07 Å². The maximum atomic E-state index is 13.6. The number of benzene rings is 2. The monoisotopic (exact) mass is 455 g/mol. The highest BCUT2D eigenvalue weighted by molar-refractivity contribution is 7.99. The summed E-state index contributed by atoms with van der Waals surface area (Å²) in [5.41, 5.74) is 1.51. The Morgan fingerprint density at radius 3 is 2.30 bits per heavy atom. The third-order valence-corrected chi connectivity index (χ3v) is 8.90. The molecule has 0 amide bonds. The van der Waals surface area contributed by atoms with E-state index >= 15 is 0 Å². The van der Waals surface area contributed by atoms with Crippen molar-refractivity contribution in [3.05, 3.63) is 64.4 Å². The van der Waals surface area contributed by atoms with Crippen molar-refractivity contribution in [2.75, 3.05) is 5.75 Å². The first-order valence-corrected chi connectivity index (χ1v) is 12.7. The lowest BCUT2D eigenvalue weighted by Gasteiger charge is -2.56. The number of rotatable bonds is 5. The van der Waals surface area contributed by atoms with E-state index in [1.807, 2.05) is 18.2 Å². The minimum Gasteiger partial charge on any atom is -0.298 e. The van der Waals surface area contributed by atoms with Gasteiger partial charge < -0.3 is 0 Å². The number of hydrogen-bond donors (Lipinski definition) is 0. The highest BCUT2D eigenvalue weighted by atomic mass is 32.2. The van der Waals surface area contributed by atoms with Crippen molar-refractivity contribution < 1.29 is 4.79 Å². The number of fused-ring (bicyclic) bond motifs is 1. The topological polar surface area (TPSA) is 75.8 Å². The molecule has 0 spiro atoms. The van der Waals surface area contributed by atoms with Gasteiger partial charge in [0.2, 0.25) is 0 Å². The Morgan fingerprint density at radius 2 is 1.67 bits per heavy atom. The molecule has 0 aliphatic heterocycles. The average Bonchev–Trinajstić information content (AvgIpc) is 2.82. The first kappa shape index (κ1) is 20.7. The summed E-state index contributed by atoms with van der Waals surface area (Å²) in [6, 6.07) is 16.4. The molecule has 2 aromatic carbocycles. The Kier molecular flexibility index (Phi) is 4.92. The van der Waals surface area contributed by atoms with Gasteiger partial charge in [-0.3, -0.25) is 14.2 Å². The molecule has 3 aromatic rings. The zero-order valence-corrected chi connectivity index (χ0v) is 19.2. The largest absolute Gasteiger partial charge is 0.298 e. The number of nitrogens with zero attached hydrogens (tertiary/aromatic N) is 3. The van der Waals surface area contributed by atoms with Gasteiger partial charge in [-0.1, -0.05) is 23.9 Å². The molecule has 4 aliphatic rings. The van der Waals surface area contributed by atoms with E-state index in [1.54, 1.807) is 34.9 Å². The molecule has 33 heavy (non-hydrogen) atoms. The number of thioether (sulfide) groups is 1. The Balaban J connectivity index is 1.35. The second-order valence-electron chi connectivity index (χ2n) is 10.1. The van der Waals surface area contributed by atoms with E-state index < -0.39 is 0 Å². The van der Waals surface area contributed by atoms with Crippen LogP contribution in [0.5, 0.6) is 0 Å². The molecule has 4 aliphatic carbocycles. The highest BCUT2D eigenvalue weighted by Crippen LogP contribution is 2.60. The maximum absolute atomic E-state index is 13.6. The molecular weight excluding hydrogens is 430 g/mol. The summed E-state index contributed by atoms with van der Waals surface area (Å²) in [6.07, 6.45) is 7.07. The molecule has 0 atom stereocenters. The van der Waals surface area contributed by atoms with Gasteiger partial charge in [-0.25, -0.2) is 4.98 Å². The third kappa shape index (κ3) is 3.50. The Morgan fingerprint density at radius 1 is 1.03 bits per heavy atom. The molecule has 0 saturated heterocycles. The lowest BCUT2D eigenvalue weighted by Crippen LogP contribution is -2.50. The van der Waals surface area contributed by atoms with Gasteiger partial charge in [-0.05, 0) is 92.7 Å². The number of hydrogen-bond acceptors (Lipinski definition) is 5. The number of para-hydroxylation sites is 1. The Bertz CT molecular complexity index is 1320. The summed E-state index contributed by atoms with van der Waals surface area (Å²) in [5.74, 6) is 2.84. The number of carbonyl (C=O) groups is 1. The molecular formula is C27H25N3O2S. The molecule has 4 saturated carbocycles. The van der Waals surface area contributed by atoms with Gasteiger partial charge in [0.05, 0.1) is 34.0 Å². The summed E-state index contributed by atoms with van der Waals surface area (Å²) < 4.78 is 1.58. The van der Waals surface area contributed by atoms with Crippen LogP contribution in [0.4, 0.5) is 0 Å². The van der Waals surface area contributed by atoms with Gasteiger partial charge in [0.25, 0.3) is 5.56 Å². The highest BCUT2D eigenvalue weighted by Gasteiger charge is 2.54. The second-order valence-corrected chi connectivity index (χ2v) is 11.1. The van der Waals surface area contributed by atoms with Gasteiger partial charge in [0.1, 0.15) is 5.78 Å². The van der Waals surface area contributed by atoms with Gasteiger partial charge in [-0.15, -0.1) is 0 Å². The summed E-state index contributed by atoms with van der Waals surface area (Å²) in [4.78, 5) is 31.8. The van der Waals surface area contributed by atoms with Gasteiger partial charge in [0, 0.05) is 5.41 Å². The van der Waals surface area contributed by atoms with Crippen LogP contribution < -0.4 is 5.56 Å². The number of carbonyl (C=O) groups excluding carboxylic acids is 1. The van der Waals surface area contributed by atoms with Crippen LogP contribution in [0.1, 0.15) is 44.1 Å². The third-order valence-electron chi connectivity index (χ3n) is 7.96. The molecule has 166 valence electrons. The number of aromatic nitrogens is 2. The second kappa shape index (κ2) is 7.85. The van der Waals surface area contributed by atoms with Crippen molar-refractivity contribution in [1.82, 2.24) is 9.55 Å². The summed E-state index contributed by atoms with van der Waals surface area (Å²) in [7, 11) is 0. The van der Waals surface area contributed by atoms with Gasteiger partial charge >= 0.3 is 0 Å². The molecule has 0 radical (unpaired) electrons. The molecule has 4 fully saturated rings. The van der Waals surface area contributed by atoms with Crippen molar-refractivity contribution in [1.29, 1.82) is 5.26 Å². The minimum absolute atomic E-state index is 0.155. The Labute approximate surface area is 196 Å². The van der Waals surface area contributed by atoms with Crippen LogP contribution in [0.15, 0.2) is 58.5 Å². The van der Waals surface area contributed by atoms with Crippen LogP contribution in [-0.2, 0) is 4.79 Å². The first-order valence-electron chi connectivity index (χ1n) is 11.7. The molecule has 0 N–H and O–H groups in total. The fourth-order valence-electron chi connectivity index (χ4n) is 6.86. The Hall–Kier alpha value is -2.91. The fraction of sp³-hybridized carbons (Fsp3) is 0.407.